The fraction of sp³-hybridized carbons (Fsp3) is 1.00. The van der Waals surface area contributed by atoms with Gasteiger partial charge in [-0.2, -0.15) is 11.8 Å². The Labute approximate surface area is 138 Å². The summed E-state index contributed by atoms with van der Waals surface area (Å²) >= 11 is 1.44. The highest BCUT2D eigenvalue weighted by Crippen LogP contribution is 2.30. The predicted molar refractivity (Wildman–Crippen MR) is 78.7 cm³/mol. The van der Waals surface area contributed by atoms with Gasteiger partial charge in [-0.1, -0.05) is 0 Å². The molecule has 2 heterocycles. The van der Waals surface area contributed by atoms with Gasteiger partial charge in [-0.25, -0.2) is 0 Å². The summed E-state index contributed by atoms with van der Waals surface area (Å²) in [6.07, 6.45) is -8.50. The summed E-state index contributed by atoms with van der Waals surface area (Å²) in [6, 6.07) is 0. The van der Waals surface area contributed by atoms with E-state index < -0.39 is 61.9 Å². The van der Waals surface area contributed by atoms with Crippen LogP contribution in [0.4, 0.5) is 0 Å². The van der Waals surface area contributed by atoms with Crippen LogP contribution >= 0.6 is 11.8 Å². The second kappa shape index (κ2) is 8.39. The Morgan fingerprint density at radius 3 is 2.13 bits per heavy atom. The van der Waals surface area contributed by atoms with Crippen molar-refractivity contribution in [2.45, 2.75) is 55.3 Å². The van der Waals surface area contributed by atoms with Crippen molar-refractivity contribution < 1.29 is 44.5 Å². The quantitative estimate of drug-likeness (QED) is 0.341. The second-order valence-corrected chi connectivity index (χ2v) is 6.43. The third kappa shape index (κ3) is 3.98. The van der Waals surface area contributed by atoms with Gasteiger partial charge in [0.25, 0.3) is 0 Å². The predicted octanol–water partition coefficient (Wildman–Crippen LogP) is -2.73. The van der Waals surface area contributed by atoms with Crippen molar-refractivity contribution in [2.75, 3.05) is 25.7 Å². The number of aliphatic hydroxyl groups is 5. The first kappa shape index (κ1) is 19.3. The second-order valence-electron chi connectivity index (χ2n) is 5.52. The van der Waals surface area contributed by atoms with E-state index in [9.17, 15) is 25.5 Å². The van der Waals surface area contributed by atoms with E-state index in [1.165, 1.54) is 18.9 Å². The number of rotatable bonds is 6. The number of hydrogen-bond donors (Lipinski definition) is 5. The highest BCUT2D eigenvalue weighted by atomic mass is 32.2. The first-order chi connectivity index (χ1) is 10.9. The van der Waals surface area contributed by atoms with E-state index >= 15 is 0 Å². The highest BCUT2D eigenvalue weighted by Gasteiger charge is 2.50. The molecule has 0 bridgehead atoms. The van der Waals surface area contributed by atoms with Crippen LogP contribution in [0, 0.1) is 0 Å². The van der Waals surface area contributed by atoms with E-state index in [-0.39, 0.29) is 0 Å². The molecular formula is C13H24O9S. The number of ether oxygens (including phenoxy) is 4. The van der Waals surface area contributed by atoms with Gasteiger partial charge in [0.1, 0.15) is 36.6 Å². The maximum atomic E-state index is 10.2. The van der Waals surface area contributed by atoms with Crippen molar-refractivity contribution in [3.63, 3.8) is 0 Å². The monoisotopic (exact) mass is 356 g/mol. The van der Waals surface area contributed by atoms with Crippen LogP contribution in [0.1, 0.15) is 0 Å². The van der Waals surface area contributed by atoms with Crippen LogP contribution < -0.4 is 0 Å². The Kier molecular flexibility index (Phi) is 7.04. The summed E-state index contributed by atoms with van der Waals surface area (Å²) in [5, 5.41) is 49.5. The molecular weight excluding hydrogens is 332 g/mol. The van der Waals surface area contributed by atoms with Gasteiger partial charge in [0.15, 0.2) is 12.6 Å². The molecule has 9 nitrogen and oxygen atoms in total. The summed E-state index contributed by atoms with van der Waals surface area (Å²) in [4.78, 5) is 0. The third-order valence-corrected chi connectivity index (χ3v) is 4.66. The summed E-state index contributed by atoms with van der Waals surface area (Å²) in [5.74, 6) is 0.455. The van der Waals surface area contributed by atoms with Gasteiger partial charge < -0.3 is 44.5 Å². The Morgan fingerprint density at radius 1 is 0.913 bits per heavy atom. The van der Waals surface area contributed by atoms with Crippen molar-refractivity contribution >= 4 is 11.8 Å². The average molecular weight is 356 g/mol. The van der Waals surface area contributed by atoms with Crippen molar-refractivity contribution in [2.24, 2.45) is 0 Å². The van der Waals surface area contributed by atoms with E-state index in [0.29, 0.717) is 5.75 Å². The van der Waals surface area contributed by atoms with E-state index in [0.717, 1.165) is 0 Å². The van der Waals surface area contributed by atoms with Crippen molar-refractivity contribution in [3.8, 4) is 0 Å². The van der Waals surface area contributed by atoms with E-state index in [2.05, 4.69) is 0 Å². The molecule has 0 aromatic carbocycles. The molecule has 9 atom stereocenters. The smallest absolute Gasteiger partial charge is 0.187 e. The maximum Gasteiger partial charge on any atom is 0.187 e. The lowest BCUT2D eigenvalue weighted by Gasteiger charge is -2.42. The molecule has 2 rings (SSSR count). The lowest BCUT2D eigenvalue weighted by molar-refractivity contribution is -0.325. The summed E-state index contributed by atoms with van der Waals surface area (Å²) in [6.45, 7) is -0.501. The van der Waals surface area contributed by atoms with Gasteiger partial charge in [-0.05, 0) is 6.26 Å². The molecule has 10 heteroatoms. The van der Waals surface area contributed by atoms with Gasteiger partial charge in [0.2, 0.25) is 0 Å². The van der Waals surface area contributed by atoms with E-state index in [1.807, 2.05) is 6.26 Å². The van der Waals surface area contributed by atoms with Crippen LogP contribution in [0.5, 0.6) is 0 Å². The largest absolute Gasteiger partial charge is 0.394 e. The summed E-state index contributed by atoms with van der Waals surface area (Å²) in [7, 11) is 1.30. The normalized spacial score (nSPS) is 47.9. The first-order valence-electron chi connectivity index (χ1n) is 7.25. The molecule has 0 saturated carbocycles. The summed E-state index contributed by atoms with van der Waals surface area (Å²) < 4.78 is 21.1. The van der Waals surface area contributed by atoms with E-state index in [4.69, 9.17) is 18.9 Å². The molecule has 5 N–H and O–H groups in total. The molecule has 2 aliphatic heterocycles. The minimum Gasteiger partial charge on any atom is -0.394 e. The number of aliphatic hydroxyl groups excluding tert-OH is 5. The molecule has 0 radical (unpaired) electrons. The van der Waals surface area contributed by atoms with Crippen molar-refractivity contribution in [1.82, 2.24) is 0 Å². The molecule has 0 aliphatic carbocycles. The van der Waals surface area contributed by atoms with Gasteiger partial charge in [0.05, 0.1) is 12.7 Å². The Morgan fingerprint density at radius 2 is 1.57 bits per heavy atom. The fourth-order valence-corrected chi connectivity index (χ4v) is 3.30. The minimum atomic E-state index is -1.36. The molecule has 136 valence electrons. The van der Waals surface area contributed by atoms with Crippen LogP contribution in [0.3, 0.4) is 0 Å². The topological polar surface area (TPSA) is 138 Å². The van der Waals surface area contributed by atoms with Crippen LogP contribution in [0.15, 0.2) is 0 Å². The number of methoxy groups -OCH3 is 1. The third-order valence-electron chi connectivity index (χ3n) is 3.99. The molecule has 23 heavy (non-hydrogen) atoms. The Balaban J connectivity index is 2.07. The van der Waals surface area contributed by atoms with Gasteiger partial charge >= 0.3 is 0 Å². The molecule has 0 amide bonds. The number of hydrogen-bond acceptors (Lipinski definition) is 10. The molecule has 0 aromatic rings. The van der Waals surface area contributed by atoms with Crippen LogP contribution in [0.2, 0.25) is 0 Å². The lowest BCUT2D eigenvalue weighted by atomic mass is 9.99. The molecule has 2 fully saturated rings. The maximum absolute atomic E-state index is 10.2. The van der Waals surface area contributed by atoms with Crippen molar-refractivity contribution in [1.29, 1.82) is 0 Å². The standard InChI is InChI=1S/C13H24O9S/c1-19-12-10(18)11(8(16)5(3-14)20-12)22-13-9(17)7(15)6(21-13)4-23-2/h5-18H,3-4H2,1-2H3/t5?,6-,7?,8-,9?,10?,11+,12+,13-/m1/s1. The minimum absolute atomic E-state index is 0.455. The zero-order valence-electron chi connectivity index (χ0n) is 12.9. The average Bonchev–Trinajstić information content (AvgIpc) is 2.80. The molecule has 2 saturated heterocycles. The van der Waals surface area contributed by atoms with Gasteiger partial charge in [0, 0.05) is 12.9 Å². The lowest BCUT2D eigenvalue weighted by Crippen LogP contribution is -2.61. The van der Waals surface area contributed by atoms with Crippen LogP contribution in [0.25, 0.3) is 0 Å². The molecule has 2 aliphatic rings. The number of thioether (sulfide) groups is 1. The molecule has 4 unspecified atom stereocenters. The molecule has 0 spiro atoms. The Hall–Kier alpha value is -0.0100. The zero-order chi connectivity index (χ0) is 17.1. The SMILES string of the molecule is CO[C@H]1OC(CO)[C@@H](O)[C@H](O[C@H]2O[C@H](CSC)C(O)C2O)C1O. The van der Waals surface area contributed by atoms with Crippen molar-refractivity contribution in [3.05, 3.63) is 0 Å². The van der Waals surface area contributed by atoms with Crippen LogP contribution in [-0.2, 0) is 18.9 Å². The van der Waals surface area contributed by atoms with Gasteiger partial charge in [-0.3, -0.25) is 0 Å². The summed E-state index contributed by atoms with van der Waals surface area (Å²) in [5.41, 5.74) is 0. The highest BCUT2D eigenvalue weighted by molar-refractivity contribution is 7.98. The first-order valence-corrected chi connectivity index (χ1v) is 8.65. The fourth-order valence-electron chi connectivity index (χ4n) is 2.69. The van der Waals surface area contributed by atoms with E-state index in [1.54, 1.807) is 0 Å². The van der Waals surface area contributed by atoms with Gasteiger partial charge in [-0.15, -0.1) is 0 Å². The van der Waals surface area contributed by atoms with Crippen LogP contribution in [-0.4, -0.2) is 107 Å². The zero-order valence-corrected chi connectivity index (χ0v) is 13.7. The Bertz CT molecular complexity index is 357. The molecule has 0 aromatic heterocycles.